The second-order valence-corrected chi connectivity index (χ2v) is 8.36. The van der Waals surface area contributed by atoms with E-state index in [1.165, 1.54) is 33.8 Å². The van der Waals surface area contributed by atoms with Crippen molar-refractivity contribution in [3.05, 3.63) is 52.8 Å². The van der Waals surface area contributed by atoms with Gasteiger partial charge in [0.15, 0.2) is 0 Å². The smallest absolute Gasteiger partial charge is 0.248 e. The van der Waals surface area contributed by atoms with Crippen LogP contribution in [0.1, 0.15) is 24.8 Å². The molecular formula is C16H14FN3O3S2. The number of hydrogen-bond donors (Lipinski definition) is 0. The van der Waals surface area contributed by atoms with Crippen LogP contribution >= 0.6 is 11.3 Å². The maximum absolute atomic E-state index is 13.4. The van der Waals surface area contributed by atoms with E-state index in [-0.39, 0.29) is 10.8 Å². The molecule has 1 aliphatic rings. The van der Waals surface area contributed by atoms with Gasteiger partial charge in [0.1, 0.15) is 11.9 Å². The van der Waals surface area contributed by atoms with E-state index in [0.29, 0.717) is 25.3 Å². The molecule has 0 saturated carbocycles. The fraction of sp³-hybridized carbons (Fsp3) is 0.250. The van der Waals surface area contributed by atoms with Crippen molar-refractivity contribution in [3.8, 4) is 11.5 Å². The summed E-state index contributed by atoms with van der Waals surface area (Å²) in [5, 5.41) is 11.8. The van der Waals surface area contributed by atoms with E-state index in [1.54, 1.807) is 0 Å². The highest BCUT2D eigenvalue weighted by molar-refractivity contribution is 7.89. The highest BCUT2D eigenvalue weighted by Gasteiger charge is 2.39. The molecule has 9 heteroatoms. The lowest BCUT2D eigenvalue weighted by molar-refractivity contribution is 0.332. The van der Waals surface area contributed by atoms with Gasteiger partial charge in [0.05, 0.1) is 4.90 Å². The zero-order chi connectivity index (χ0) is 17.4. The lowest BCUT2D eigenvalue weighted by Gasteiger charge is -2.21. The number of halogens is 1. The molecule has 6 nitrogen and oxygen atoms in total. The SMILES string of the molecule is O=S(=O)(c1cccc(F)c1)N1CCC[C@H]1c1nnc(-c2ccsc2)o1. The number of sulfonamides is 1. The van der Waals surface area contributed by atoms with Crippen molar-refractivity contribution in [2.45, 2.75) is 23.8 Å². The minimum absolute atomic E-state index is 0.0722. The first-order valence-corrected chi connectivity index (χ1v) is 10.1. The predicted molar refractivity (Wildman–Crippen MR) is 89.9 cm³/mol. The average Bonchev–Trinajstić information content (AvgIpc) is 3.33. The molecule has 1 fully saturated rings. The fourth-order valence-electron chi connectivity index (χ4n) is 2.91. The molecule has 3 aromatic rings. The highest BCUT2D eigenvalue weighted by Crippen LogP contribution is 2.37. The first-order chi connectivity index (χ1) is 12.1. The Hall–Kier alpha value is -2.10. The third-order valence-corrected chi connectivity index (χ3v) is 6.69. The average molecular weight is 379 g/mol. The number of thiophene rings is 1. The predicted octanol–water partition coefficient (Wildman–Crippen LogP) is 3.46. The second-order valence-electron chi connectivity index (χ2n) is 5.69. The van der Waals surface area contributed by atoms with Crippen molar-refractivity contribution in [2.75, 3.05) is 6.54 Å². The molecule has 0 spiro atoms. The quantitative estimate of drug-likeness (QED) is 0.694. The number of aromatic nitrogens is 2. The van der Waals surface area contributed by atoms with Crippen LogP contribution in [0.4, 0.5) is 4.39 Å². The van der Waals surface area contributed by atoms with Gasteiger partial charge >= 0.3 is 0 Å². The Morgan fingerprint density at radius 2 is 2.16 bits per heavy atom. The van der Waals surface area contributed by atoms with Gasteiger partial charge in [0.25, 0.3) is 0 Å². The maximum Gasteiger partial charge on any atom is 0.248 e. The Morgan fingerprint density at radius 3 is 2.92 bits per heavy atom. The highest BCUT2D eigenvalue weighted by atomic mass is 32.2. The van der Waals surface area contributed by atoms with Gasteiger partial charge in [-0.25, -0.2) is 12.8 Å². The molecule has 1 saturated heterocycles. The summed E-state index contributed by atoms with van der Waals surface area (Å²) < 4.78 is 46.2. The van der Waals surface area contributed by atoms with E-state index in [0.717, 1.165) is 11.6 Å². The van der Waals surface area contributed by atoms with Gasteiger partial charge < -0.3 is 4.42 Å². The van der Waals surface area contributed by atoms with Gasteiger partial charge in [-0.05, 0) is 42.5 Å². The molecule has 0 N–H and O–H groups in total. The summed E-state index contributed by atoms with van der Waals surface area (Å²) in [6.45, 7) is 0.333. The zero-order valence-electron chi connectivity index (χ0n) is 13.0. The Labute approximate surface area is 148 Å². The molecule has 0 amide bonds. The van der Waals surface area contributed by atoms with Gasteiger partial charge in [-0.15, -0.1) is 10.2 Å². The molecule has 130 valence electrons. The largest absolute Gasteiger partial charge is 0.419 e. The lowest BCUT2D eigenvalue weighted by atomic mass is 10.2. The van der Waals surface area contributed by atoms with Crippen LogP contribution in [0.3, 0.4) is 0 Å². The Morgan fingerprint density at radius 1 is 1.28 bits per heavy atom. The van der Waals surface area contributed by atoms with Crippen molar-refractivity contribution < 1.29 is 17.2 Å². The summed E-state index contributed by atoms with van der Waals surface area (Å²) in [6.07, 6.45) is 1.26. The molecule has 0 radical (unpaired) electrons. The molecule has 1 aliphatic heterocycles. The van der Waals surface area contributed by atoms with Gasteiger partial charge in [-0.2, -0.15) is 15.6 Å². The van der Waals surface area contributed by atoms with Gasteiger partial charge in [0, 0.05) is 17.5 Å². The third-order valence-electron chi connectivity index (χ3n) is 4.10. The third kappa shape index (κ3) is 2.99. The standard InChI is InChI=1S/C16H14FN3O3S2/c17-12-3-1-4-13(9-12)25(21,22)20-7-2-5-14(20)16-19-18-15(23-16)11-6-8-24-10-11/h1,3-4,6,8-10,14H,2,5,7H2/t14-/m0/s1. The summed E-state index contributed by atoms with van der Waals surface area (Å²) in [5.41, 5.74) is 0.807. The van der Waals surface area contributed by atoms with E-state index < -0.39 is 21.9 Å². The topological polar surface area (TPSA) is 76.3 Å². The van der Waals surface area contributed by atoms with Crippen molar-refractivity contribution in [1.29, 1.82) is 0 Å². The molecule has 0 aliphatic carbocycles. The van der Waals surface area contributed by atoms with Gasteiger partial charge in [-0.1, -0.05) is 6.07 Å². The normalized spacial score (nSPS) is 18.7. The maximum atomic E-state index is 13.4. The van der Waals surface area contributed by atoms with Crippen molar-refractivity contribution in [2.24, 2.45) is 0 Å². The van der Waals surface area contributed by atoms with Crippen molar-refractivity contribution >= 4 is 21.4 Å². The van der Waals surface area contributed by atoms with Crippen LogP contribution in [0.5, 0.6) is 0 Å². The molecule has 0 unspecified atom stereocenters. The number of nitrogens with zero attached hydrogens (tertiary/aromatic N) is 3. The van der Waals surface area contributed by atoms with Crippen LogP contribution in [0.25, 0.3) is 11.5 Å². The van der Waals surface area contributed by atoms with Gasteiger partial charge in [-0.3, -0.25) is 0 Å². The summed E-state index contributed by atoms with van der Waals surface area (Å²) in [7, 11) is -3.84. The number of rotatable bonds is 4. The van der Waals surface area contributed by atoms with Crippen LogP contribution < -0.4 is 0 Å². The van der Waals surface area contributed by atoms with Crippen LogP contribution in [0, 0.1) is 5.82 Å². The lowest BCUT2D eigenvalue weighted by Crippen LogP contribution is -2.31. The minimum atomic E-state index is -3.84. The number of benzene rings is 1. The first kappa shape index (κ1) is 16.4. The Balaban J connectivity index is 1.67. The molecule has 1 aromatic carbocycles. The minimum Gasteiger partial charge on any atom is -0.419 e. The molecule has 2 aromatic heterocycles. The molecule has 1 atom stereocenters. The number of hydrogen-bond acceptors (Lipinski definition) is 6. The molecule has 3 heterocycles. The molecule has 0 bridgehead atoms. The molecular weight excluding hydrogens is 365 g/mol. The van der Waals surface area contributed by atoms with Crippen LogP contribution in [0.15, 0.2) is 50.4 Å². The van der Waals surface area contributed by atoms with Crippen LogP contribution in [-0.4, -0.2) is 29.5 Å². The second kappa shape index (κ2) is 6.32. The molecule has 25 heavy (non-hydrogen) atoms. The van der Waals surface area contributed by atoms with E-state index in [4.69, 9.17) is 4.42 Å². The van der Waals surface area contributed by atoms with E-state index >= 15 is 0 Å². The summed E-state index contributed by atoms with van der Waals surface area (Å²) in [5.74, 6) is 0.0410. The van der Waals surface area contributed by atoms with Crippen molar-refractivity contribution in [3.63, 3.8) is 0 Å². The zero-order valence-corrected chi connectivity index (χ0v) is 14.6. The van der Waals surface area contributed by atoms with E-state index in [1.807, 2.05) is 16.8 Å². The van der Waals surface area contributed by atoms with Gasteiger partial charge in [0.2, 0.25) is 21.8 Å². The Kier molecular flexibility index (Phi) is 4.14. The van der Waals surface area contributed by atoms with E-state index in [9.17, 15) is 12.8 Å². The monoisotopic (exact) mass is 379 g/mol. The molecule has 4 rings (SSSR count). The Bertz CT molecular complexity index is 986. The van der Waals surface area contributed by atoms with Crippen molar-refractivity contribution in [1.82, 2.24) is 14.5 Å². The van der Waals surface area contributed by atoms with Crippen LogP contribution in [-0.2, 0) is 10.0 Å². The summed E-state index contributed by atoms with van der Waals surface area (Å²) in [6, 6.07) is 6.33. The first-order valence-electron chi connectivity index (χ1n) is 7.69. The fourth-order valence-corrected chi connectivity index (χ4v) is 5.22. The van der Waals surface area contributed by atoms with Crippen LogP contribution in [0.2, 0.25) is 0 Å². The summed E-state index contributed by atoms with van der Waals surface area (Å²) in [4.78, 5) is -0.0722. The summed E-state index contributed by atoms with van der Waals surface area (Å²) >= 11 is 1.51. The van der Waals surface area contributed by atoms with E-state index in [2.05, 4.69) is 10.2 Å².